The number of amides is 1. The zero-order chi connectivity index (χ0) is 13.7. The van der Waals surface area contributed by atoms with Gasteiger partial charge in [-0.25, -0.2) is 4.39 Å². The molecular formula is C13H16BrFN2OS. The largest absolute Gasteiger partial charge is 0.323 e. The van der Waals surface area contributed by atoms with E-state index in [0.29, 0.717) is 15.5 Å². The lowest BCUT2D eigenvalue weighted by atomic mass is 10.2. The van der Waals surface area contributed by atoms with Gasteiger partial charge in [-0.2, -0.15) is 0 Å². The van der Waals surface area contributed by atoms with Crippen LogP contribution in [0.3, 0.4) is 0 Å². The molecule has 0 unspecified atom stereocenters. The number of carbonyl (C=O) groups excluding carboxylic acids is 1. The first-order valence-electron chi connectivity index (χ1n) is 6.22. The number of anilines is 1. The number of piperidine rings is 1. The Morgan fingerprint density at radius 2 is 2.21 bits per heavy atom. The Morgan fingerprint density at radius 1 is 1.47 bits per heavy atom. The van der Waals surface area contributed by atoms with Crippen LogP contribution in [-0.4, -0.2) is 30.0 Å². The molecule has 0 aliphatic carbocycles. The monoisotopic (exact) mass is 346 g/mol. The average Bonchev–Trinajstić information content (AvgIpc) is 2.41. The van der Waals surface area contributed by atoms with Gasteiger partial charge in [0.1, 0.15) is 5.82 Å². The highest BCUT2D eigenvalue weighted by molar-refractivity contribution is 9.10. The lowest BCUT2D eigenvalue weighted by Crippen LogP contribution is -2.30. The molecule has 2 N–H and O–H groups in total. The Hall–Kier alpha value is -0.590. The minimum absolute atomic E-state index is 0.148. The van der Waals surface area contributed by atoms with Gasteiger partial charge in [-0.3, -0.25) is 4.79 Å². The number of halogens is 2. The second-order valence-electron chi connectivity index (χ2n) is 4.43. The number of benzene rings is 1. The Morgan fingerprint density at radius 3 is 2.89 bits per heavy atom. The number of hydrogen-bond donors (Lipinski definition) is 2. The highest BCUT2D eigenvalue weighted by Crippen LogP contribution is 2.22. The van der Waals surface area contributed by atoms with Crippen LogP contribution in [0.15, 0.2) is 22.7 Å². The van der Waals surface area contributed by atoms with E-state index in [0.717, 1.165) is 25.9 Å². The third kappa shape index (κ3) is 4.78. The molecule has 0 saturated carbocycles. The lowest BCUT2D eigenvalue weighted by Gasteiger charge is -2.21. The molecule has 0 radical (unpaired) electrons. The summed E-state index contributed by atoms with van der Waals surface area (Å²) >= 11 is 4.83. The van der Waals surface area contributed by atoms with Gasteiger partial charge in [-0.1, -0.05) is 15.9 Å². The molecule has 0 aromatic heterocycles. The number of carbonyl (C=O) groups is 1. The standard InChI is InChI=1S/C13H16BrFN2OS/c14-9-1-2-12(11(15)7-9)17-13(18)8-19-10-3-5-16-6-4-10/h1-2,7,10,16H,3-6,8H2,(H,17,18). The Labute approximate surface area is 124 Å². The van der Waals surface area contributed by atoms with Gasteiger partial charge < -0.3 is 10.6 Å². The average molecular weight is 347 g/mol. The van der Waals surface area contributed by atoms with Crippen LogP contribution in [0.5, 0.6) is 0 Å². The maximum atomic E-state index is 13.5. The highest BCUT2D eigenvalue weighted by Gasteiger charge is 2.15. The van der Waals surface area contributed by atoms with E-state index in [4.69, 9.17) is 0 Å². The van der Waals surface area contributed by atoms with Crippen molar-refractivity contribution in [3.05, 3.63) is 28.5 Å². The summed E-state index contributed by atoms with van der Waals surface area (Å²) in [5.41, 5.74) is 0.235. The molecule has 0 spiro atoms. The van der Waals surface area contributed by atoms with Crippen molar-refractivity contribution < 1.29 is 9.18 Å². The van der Waals surface area contributed by atoms with Crippen LogP contribution in [0.25, 0.3) is 0 Å². The third-order valence-electron chi connectivity index (χ3n) is 2.94. The van der Waals surface area contributed by atoms with Gasteiger partial charge in [0, 0.05) is 9.72 Å². The summed E-state index contributed by atoms with van der Waals surface area (Å²) in [6, 6.07) is 4.61. The molecule has 1 fully saturated rings. The van der Waals surface area contributed by atoms with Gasteiger partial charge in [0.15, 0.2) is 0 Å². The maximum Gasteiger partial charge on any atom is 0.234 e. The highest BCUT2D eigenvalue weighted by atomic mass is 79.9. The van der Waals surface area contributed by atoms with E-state index >= 15 is 0 Å². The zero-order valence-electron chi connectivity index (χ0n) is 10.4. The van der Waals surface area contributed by atoms with Crippen LogP contribution in [0.1, 0.15) is 12.8 Å². The smallest absolute Gasteiger partial charge is 0.234 e. The van der Waals surface area contributed by atoms with Crippen molar-refractivity contribution in [2.75, 3.05) is 24.2 Å². The summed E-state index contributed by atoms with van der Waals surface area (Å²) in [5, 5.41) is 6.42. The number of nitrogens with one attached hydrogen (secondary N) is 2. The molecule has 1 amide bonds. The van der Waals surface area contributed by atoms with Gasteiger partial charge in [-0.05, 0) is 44.1 Å². The van der Waals surface area contributed by atoms with Gasteiger partial charge >= 0.3 is 0 Å². The predicted octanol–water partition coefficient (Wildman–Crippen LogP) is 3.01. The molecule has 104 valence electrons. The number of rotatable bonds is 4. The van der Waals surface area contributed by atoms with Crippen LogP contribution in [-0.2, 0) is 4.79 Å². The van der Waals surface area contributed by atoms with E-state index in [1.54, 1.807) is 23.9 Å². The molecule has 3 nitrogen and oxygen atoms in total. The van der Waals surface area contributed by atoms with E-state index < -0.39 is 5.82 Å². The van der Waals surface area contributed by atoms with Gasteiger partial charge in [0.2, 0.25) is 5.91 Å². The first-order valence-corrected chi connectivity index (χ1v) is 8.06. The van der Waals surface area contributed by atoms with Crippen LogP contribution in [0.4, 0.5) is 10.1 Å². The van der Waals surface area contributed by atoms with Gasteiger partial charge in [0.25, 0.3) is 0 Å². The molecule has 1 aromatic carbocycles. The Kier molecular flexibility index (Phi) is 5.66. The molecule has 0 bridgehead atoms. The molecular weight excluding hydrogens is 331 g/mol. The summed E-state index contributed by atoms with van der Waals surface area (Å²) in [7, 11) is 0. The number of thioether (sulfide) groups is 1. The fourth-order valence-corrected chi connectivity index (χ4v) is 3.29. The summed E-state index contributed by atoms with van der Waals surface area (Å²) < 4.78 is 14.2. The molecule has 6 heteroatoms. The molecule has 1 aliphatic rings. The fraction of sp³-hybridized carbons (Fsp3) is 0.462. The summed E-state index contributed by atoms with van der Waals surface area (Å²) in [6.45, 7) is 2.03. The van der Waals surface area contributed by atoms with Gasteiger partial charge in [0.05, 0.1) is 11.4 Å². The Balaban J connectivity index is 1.80. The van der Waals surface area contributed by atoms with E-state index in [1.807, 2.05) is 0 Å². The van der Waals surface area contributed by atoms with Crippen molar-refractivity contribution >= 4 is 39.3 Å². The second-order valence-corrected chi connectivity index (χ2v) is 6.64. The first kappa shape index (κ1) is 14.8. The molecule has 2 rings (SSSR count). The Bertz CT molecular complexity index is 452. The third-order valence-corrected chi connectivity index (χ3v) is 4.81. The quantitative estimate of drug-likeness (QED) is 0.880. The van der Waals surface area contributed by atoms with Crippen molar-refractivity contribution in [1.29, 1.82) is 0 Å². The van der Waals surface area contributed by atoms with Crippen molar-refractivity contribution in [2.45, 2.75) is 18.1 Å². The minimum atomic E-state index is -0.422. The van der Waals surface area contributed by atoms with Crippen LogP contribution < -0.4 is 10.6 Å². The van der Waals surface area contributed by atoms with Crippen LogP contribution >= 0.6 is 27.7 Å². The van der Waals surface area contributed by atoms with Crippen molar-refractivity contribution in [3.63, 3.8) is 0 Å². The van der Waals surface area contributed by atoms with Crippen LogP contribution in [0.2, 0.25) is 0 Å². The van der Waals surface area contributed by atoms with E-state index in [9.17, 15) is 9.18 Å². The first-order chi connectivity index (χ1) is 9.15. The fourth-order valence-electron chi connectivity index (χ4n) is 1.93. The summed E-state index contributed by atoms with van der Waals surface area (Å²) in [4.78, 5) is 11.8. The second kappa shape index (κ2) is 7.26. The van der Waals surface area contributed by atoms with E-state index in [1.165, 1.54) is 6.07 Å². The zero-order valence-corrected chi connectivity index (χ0v) is 12.8. The molecule has 19 heavy (non-hydrogen) atoms. The lowest BCUT2D eigenvalue weighted by molar-refractivity contribution is -0.113. The van der Waals surface area contributed by atoms with E-state index in [2.05, 4.69) is 26.6 Å². The molecule has 1 aliphatic heterocycles. The van der Waals surface area contributed by atoms with Gasteiger partial charge in [-0.15, -0.1) is 11.8 Å². The predicted molar refractivity (Wildman–Crippen MR) is 81.1 cm³/mol. The van der Waals surface area contributed by atoms with Crippen molar-refractivity contribution in [3.8, 4) is 0 Å². The minimum Gasteiger partial charge on any atom is -0.323 e. The molecule has 1 heterocycles. The van der Waals surface area contributed by atoms with Crippen molar-refractivity contribution in [1.82, 2.24) is 5.32 Å². The number of hydrogen-bond acceptors (Lipinski definition) is 3. The SMILES string of the molecule is O=C(CSC1CCNCC1)Nc1ccc(Br)cc1F. The van der Waals surface area contributed by atoms with Crippen LogP contribution in [0, 0.1) is 5.82 Å². The maximum absolute atomic E-state index is 13.5. The van der Waals surface area contributed by atoms with E-state index in [-0.39, 0.29) is 11.6 Å². The summed E-state index contributed by atoms with van der Waals surface area (Å²) in [6.07, 6.45) is 2.18. The molecule has 1 aromatic rings. The molecule has 0 atom stereocenters. The molecule has 1 saturated heterocycles. The normalized spacial score (nSPS) is 16.3. The topological polar surface area (TPSA) is 41.1 Å². The summed E-state index contributed by atoms with van der Waals surface area (Å²) in [5.74, 6) is -0.195. The van der Waals surface area contributed by atoms with Crippen molar-refractivity contribution in [2.24, 2.45) is 0 Å².